The van der Waals surface area contributed by atoms with Crippen molar-refractivity contribution in [1.82, 2.24) is 5.32 Å². The lowest BCUT2D eigenvalue weighted by atomic mass is 9.98. The maximum atomic E-state index is 3.79. The molecule has 0 aliphatic carbocycles. The van der Waals surface area contributed by atoms with Gasteiger partial charge in [-0.1, -0.05) is 40.0 Å². The first-order valence-corrected chi connectivity index (χ1v) is 8.64. The molecule has 2 unspecified atom stereocenters. The monoisotopic (exact) mass is 257 g/mol. The van der Waals surface area contributed by atoms with Crippen LogP contribution < -0.4 is 5.32 Å². The number of nitrogens with one attached hydrogen (secondary N) is 1. The van der Waals surface area contributed by atoms with Gasteiger partial charge in [-0.3, -0.25) is 0 Å². The van der Waals surface area contributed by atoms with Crippen LogP contribution in [0.3, 0.4) is 0 Å². The van der Waals surface area contributed by atoms with E-state index in [4.69, 9.17) is 0 Å². The Morgan fingerprint density at radius 1 is 1.24 bits per heavy atom. The third-order valence-electron chi connectivity index (χ3n) is 3.62. The number of thioether (sulfide) groups is 1. The Kier molecular flexibility index (Phi) is 8.38. The molecule has 0 bridgehead atoms. The molecule has 1 heterocycles. The Hall–Kier alpha value is 0.310. The highest BCUT2D eigenvalue weighted by Crippen LogP contribution is 2.29. The largest absolute Gasteiger partial charge is 0.313 e. The highest BCUT2D eigenvalue weighted by atomic mass is 32.2. The fourth-order valence-electron chi connectivity index (χ4n) is 2.58. The van der Waals surface area contributed by atoms with Crippen LogP contribution in [0.1, 0.15) is 65.7 Å². The van der Waals surface area contributed by atoms with E-state index in [9.17, 15) is 0 Å². The minimum atomic E-state index is 0.777. The molecule has 1 aliphatic heterocycles. The molecule has 1 N–H and O–H groups in total. The summed E-state index contributed by atoms with van der Waals surface area (Å²) in [6, 6.07) is 0.777. The Morgan fingerprint density at radius 2 is 2.06 bits per heavy atom. The molecule has 1 nitrogen and oxygen atoms in total. The van der Waals surface area contributed by atoms with E-state index in [-0.39, 0.29) is 0 Å². The van der Waals surface area contributed by atoms with Crippen LogP contribution in [0.25, 0.3) is 0 Å². The van der Waals surface area contributed by atoms with Crippen molar-refractivity contribution in [2.24, 2.45) is 5.92 Å². The van der Waals surface area contributed by atoms with Gasteiger partial charge in [0.15, 0.2) is 0 Å². The topological polar surface area (TPSA) is 12.0 Å². The van der Waals surface area contributed by atoms with E-state index in [2.05, 4.69) is 37.8 Å². The van der Waals surface area contributed by atoms with E-state index >= 15 is 0 Å². The molecule has 0 saturated carbocycles. The van der Waals surface area contributed by atoms with Gasteiger partial charge in [0.2, 0.25) is 0 Å². The van der Waals surface area contributed by atoms with Crippen molar-refractivity contribution in [3.05, 3.63) is 0 Å². The summed E-state index contributed by atoms with van der Waals surface area (Å²) in [7, 11) is 0. The molecule has 2 heteroatoms. The SMILES string of the molecule is CCCNC(CCCC(C)C)C1CCCCS1. The van der Waals surface area contributed by atoms with Crippen LogP contribution in [0.4, 0.5) is 0 Å². The third kappa shape index (κ3) is 6.71. The van der Waals surface area contributed by atoms with Crippen LogP contribution in [0.15, 0.2) is 0 Å². The average molecular weight is 257 g/mol. The molecule has 1 fully saturated rings. The highest BCUT2D eigenvalue weighted by molar-refractivity contribution is 8.00. The molecule has 0 spiro atoms. The number of hydrogen-bond donors (Lipinski definition) is 1. The fourth-order valence-corrected chi connectivity index (χ4v) is 4.05. The van der Waals surface area contributed by atoms with Gasteiger partial charge in [-0.25, -0.2) is 0 Å². The van der Waals surface area contributed by atoms with Crippen molar-refractivity contribution >= 4 is 11.8 Å². The van der Waals surface area contributed by atoms with Gasteiger partial charge in [-0.05, 0) is 43.9 Å². The average Bonchev–Trinajstić information content (AvgIpc) is 2.34. The molecule has 102 valence electrons. The number of rotatable bonds is 8. The molecule has 2 atom stereocenters. The van der Waals surface area contributed by atoms with Crippen molar-refractivity contribution < 1.29 is 0 Å². The van der Waals surface area contributed by atoms with Gasteiger partial charge in [0.05, 0.1) is 0 Å². The van der Waals surface area contributed by atoms with Crippen LogP contribution in [0.5, 0.6) is 0 Å². The Balaban J connectivity index is 2.30. The summed E-state index contributed by atoms with van der Waals surface area (Å²) in [6.45, 7) is 8.14. The molecular formula is C15H31NS. The smallest absolute Gasteiger partial charge is 0.0201 e. The van der Waals surface area contributed by atoms with Crippen molar-refractivity contribution in [3.8, 4) is 0 Å². The summed E-state index contributed by atoms with van der Waals surface area (Å²) in [4.78, 5) is 0. The van der Waals surface area contributed by atoms with Gasteiger partial charge in [0, 0.05) is 11.3 Å². The third-order valence-corrected chi connectivity index (χ3v) is 5.13. The lowest BCUT2D eigenvalue weighted by Crippen LogP contribution is -2.39. The zero-order valence-corrected chi connectivity index (χ0v) is 12.8. The standard InChI is InChI=1S/C15H31NS/c1-4-11-16-14(9-7-8-13(2)3)15-10-5-6-12-17-15/h13-16H,4-12H2,1-3H3. The van der Waals surface area contributed by atoms with Gasteiger partial charge >= 0.3 is 0 Å². The maximum Gasteiger partial charge on any atom is 0.0201 e. The van der Waals surface area contributed by atoms with E-state index in [1.807, 2.05) is 0 Å². The van der Waals surface area contributed by atoms with Gasteiger partial charge in [-0.15, -0.1) is 0 Å². The Labute approximate surface area is 113 Å². The predicted molar refractivity (Wildman–Crippen MR) is 80.9 cm³/mol. The molecule has 1 rings (SSSR count). The second-order valence-corrected chi connectivity index (χ2v) is 7.14. The zero-order chi connectivity index (χ0) is 12.5. The van der Waals surface area contributed by atoms with Crippen LogP contribution in [-0.4, -0.2) is 23.6 Å². The van der Waals surface area contributed by atoms with Gasteiger partial charge in [0.25, 0.3) is 0 Å². The zero-order valence-electron chi connectivity index (χ0n) is 12.0. The van der Waals surface area contributed by atoms with Crippen molar-refractivity contribution in [1.29, 1.82) is 0 Å². The molecule has 0 aromatic heterocycles. The quantitative estimate of drug-likeness (QED) is 0.688. The molecule has 1 saturated heterocycles. The first-order chi connectivity index (χ1) is 8.24. The fraction of sp³-hybridized carbons (Fsp3) is 1.00. The van der Waals surface area contributed by atoms with E-state index in [1.54, 1.807) is 0 Å². The first kappa shape index (κ1) is 15.4. The molecule has 1 aliphatic rings. The summed E-state index contributed by atoms with van der Waals surface area (Å²) < 4.78 is 0. The van der Waals surface area contributed by atoms with Crippen LogP contribution in [0.2, 0.25) is 0 Å². The molecule has 0 aromatic carbocycles. The minimum absolute atomic E-state index is 0.777. The minimum Gasteiger partial charge on any atom is -0.313 e. The van der Waals surface area contributed by atoms with Crippen LogP contribution in [-0.2, 0) is 0 Å². The summed E-state index contributed by atoms with van der Waals surface area (Å²) in [5.74, 6) is 2.25. The first-order valence-electron chi connectivity index (χ1n) is 7.59. The van der Waals surface area contributed by atoms with Gasteiger partial charge < -0.3 is 5.32 Å². The second-order valence-electron chi connectivity index (χ2n) is 5.79. The van der Waals surface area contributed by atoms with Crippen molar-refractivity contribution in [2.45, 2.75) is 77.0 Å². The lowest BCUT2D eigenvalue weighted by molar-refractivity contribution is 0.410. The summed E-state index contributed by atoms with van der Waals surface area (Å²) in [6.07, 6.45) is 9.76. The number of hydrogen-bond acceptors (Lipinski definition) is 2. The predicted octanol–water partition coefficient (Wildman–Crippen LogP) is 4.47. The van der Waals surface area contributed by atoms with Crippen LogP contribution in [0, 0.1) is 5.92 Å². The Morgan fingerprint density at radius 3 is 2.65 bits per heavy atom. The summed E-state index contributed by atoms with van der Waals surface area (Å²) in [5.41, 5.74) is 0. The van der Waals surface area contributed by atoms with E-state index in [0.29, 0.717) is 0 Å². The van der Waals surface area contributed by atoms with E-state index in [1.165, 1.54) is 57.2 Å². The molecule has 0 aromatic rings. The molecule has 0 amide bonds. The molecule has 17 heavy (non-hydrogen) atoms. The van der Waals surface area contributed by atoms with Gasteiger partial charge in [-0.2, -0.15) is 11.8 Å². The van der Waals surface area contributed by atoms with Crippen molar-refractivity contribution in [3.63, 3.8) is 0 Å². The molecular weight excluding hydrogens is 226 g/mol. The van der Waals surface area contributed by atoms with Crippen molar-refractivity contribution in [2.75, 3.05) is 12.3 Å². The summed E-state index contributed by atoms with van der Waals surface area (Å²) >= 11 is 2.22. The maximum absolute atomic E-state index is 3.79. The highest BCUT2D eigenvalue weighted by Gasteiger charge is 2.23. The van der Waals surface area contributed by atoms with Crippen LogP contribution >= 0.6 is 11.8 Å². The van der Waals surface area contributed by atoms with E-state index < -0.39 is 0 Å². The lowest BCUT2D eigenvalue weighted by Gasteiger charge is -2.31. The van der Waals surface area contributed by atoms with E-state index in [0.717, 1.165) is 17.2 Å². The molecule has 0 radical (unpaired) electrons. The Bertz CT molecular complexity index is 176. The summed E-state index contributed by atoms with van der Waals surface area (Å²) in [5, 5.41) is 4.68. The second kappa shape index (κ2) is 9.27. The van der Waals surface area contributed by atoms with Gasteiger partial charge in [0.1, 0.15) is 0 Å². The normalized spacial score (nSPS) is 22.9.